The SMILES string of the molecule is CCc1ccc(-c2cc(C)ccc2S(=O)(=O)O)c(OCc2ccccc2)c1. The molecule has 0 bridgehead atoms. The Balaban J connectivity index is 2.09. The molecule has 0 atom stereocenters. The lowest BCUT2D eigenvalue weighted by Gasteiger charge is -2.16. The zero-order chi connectivity index (χ0) is 19.4. The number of ether oxygens (including phenoxy) is 1. The minimum absolute atomic E-state index is 0.123. The summed E-state index contributed by atoms with van der Waals surface area (Å²) in [5, 5.41) is 0. The first kappa shape index (κ1) is 19.1. The van der Waals surface area contributed by atoms with Crippen molar-refractivity contribution >= 4 is 10.1 Å². The minimum Gasteiger partial charge on any atom is -0.488 e. The summed E-state index contributed by atoms with van der Waals surface area (Å²) in [5.41, 5.74) is 4.07. The maximum Gasteiger partial charge on any atom is 0.295 e. The quantitative estimate of drug-likeness (QED) is 0.606. The average Bonchev–Trinajstić information content (AvgIpc) is 2.66. The van der Waals surface area contributed by atoms with E-state index in [-0.39, 0.29) is 4.90 Å². The number of hydrogen-bond donors (Lipinski definition) is 1. The molecule has 140 valence electrons. The summed E-state index contributed by atoms with van der Waals surface area (Å²) in [4.78, 5) is -0.123. The molecule has 0 unspecified atom stereocenters. The van der Waals surface area contributed by atoms with E-state index in [1.54, 1.807) is 12.1 Å². The van der Waals surface area contributed by atoms with Gasteiger partial charge in [0.2, 0.25) is 0 Å². The van der Waals surface area contributed by atoms with Crippen LogP contribution in [-0.4, -0.2) is 13.0 Å². The van der Waals surface area contributed by atoms with E-state index < -0.39 is 10.1 Å². The fourth-order valence-electron chi connectivity index (χ4n) is 2.94. The Hall–Kier alpha value is -2.63. The Morgan fingerprint density at radius 3 is 2.30 bits per heavy atom. The maximum atomic E-state index is 11.9. The first-order chi connectivity index (χ1) is 12.9. The second kappa shape index (κ2) is 7.94. The summed E-state index contributed by atoms with van der Waals surface area (Å²) in [6, 6.07) is 20.3. The minimum atomic E-state index is -4.35. The molecule has 0 amide bonds. The van der Waals surface area contributed by atoms with E-state index in [1.807, 2.05) is 62.4 Å². The molecule has 0 aliphatic rings. The van der Waals surface area contributed by atoms with Crippen LogP contribution in [0.5, 0.6) is 5.75 Å². The third-order valence-electron chi connectivity index (χ3n) is 4.39. The van der Waals surface area contributed by atoms with Gasteiger partial charge in [0, 0.05) is 11.1 Å². The molecule has 3 aromatic rings. The summed E-state index contributed by atoms with van der Waals surface area (Å²) in [7, 11) is -4.35. The molecule has 0 fully saturated rings. The van der Waals surface area contributed by atoms with Crippen molar-refractivity contribution in [3.8, 4) is 16.9 Å². The van der Waals surface area contributed by atoms with Gasteiger partial charge in [0.05, 0.1) is 0 Å². The number of aryl methyl sites for hydroxylation is 2. The second-order valence-electron chi connectivity index (χ2n) is 6.43. The van der Waals surface area contributed by atoms with E-state index >= 15 is 0 Å². The van der Waals surface area contributed by atoms with Crippen molar-refractivity contribution in [2.24, 2.45) is 0 Å². The first-order valence-corrected chi connectivity index (χ1v) is 10.2. The molecule has 0 saturated heterocycles. The van der Waals surface area contributed by atoms with Gasteiger partial charge in [-0.25, -0.2) is 0 Å². The van der Waals surface area contributed by atoms with Crippen LogP contribution in [0.15, 0.2) is 71.6 Å². The molecule has 3 aromatic carbocycles. The predicted molar refractivity (Wildman–Crippen MR) is 107 cm³/mol. The summed E-state index contributed by atoms with van der Waals surface area (Å²) < 4.78 is 39.4. The van der Waals surface area contributed by atoms with Gasteiger partial charge in [0.25, 0.3) is 10.1 Å². The van der Waals surface area contributed by atoms with Crippen LogP contribution < -0.4 is 4.74 Å². The predicted octanol–water partition coefficient (Wildman–Crippen LogP) is 5.05. The average molecular weight is 382 g/mol. The van der Waals surface area contributed by atoms with E-state index in [9.17, 15) is 13.0 Å². The monoisotopic (exact) mass is 382 g/mol. The van der Waals surface area contributed by atoms with Gasteiger partial charge < -0.3 is 4.74 Å². The normalized spacial score (nSPS) is 11.4. The van der Waals surface area contributed by atoms with Crippen LogP contribution in [0.2, 0.25) is 0 Å². The first-order valence-electron chi connectivity index (χ1n) is 8.76. The molecule has 0 aromatic heterocycles. The molecule has 0 saturated carbocycles. The van der Waals surface area contributed by atoms with Crippen LogP contribution in [0.4, 0.5) is 0 Å². The summed E-state index contributed by atoms with van der Waals surface area (Å²) in [6.07, 6.45) is 0.834. The highest BCUT2D eigenvalue weighted by atomic mass is 32.2. The fraction of sp³-hybridized carbons (Fsp3) is 0.182. The van der Waals surface area contributed by atoms with Crippen molar-refractivity contribution in [3.05, 3.63) is 83.4 Å². The fourth-order valence-corrected chi connectivity index (χ4v) is 3.63. The van der Waals surface area contributed by atoms with Crippen LogP contribution >= 0.6 is 0 Å². The highest BCUT2D eigenvalue weighted by molar-refractivity contribution is 7.86. The standard InChI is InChI=1S/C22H22O4S/c1-3-17-10-11-19(20-13-16(2)9-12-22(20)27(23,24)25)21(14-17)26-15-18-7-5-4-6-8-18/h4-14H,3,15H2,1-2H3,(H,23,24,25). The van der Waals surface area contributed by atoms with Gasteiger partial charge in [-0.05, 0) is 42.7 Å². The molecule has 0 heterocycles. The highest BCUT2D eigenvalue weighted by Gasteiger charge is 2.19. The Morgan fingerprint density at radius 1 is 0.889 bits per heavy atom. The van der Waals surface area contributed by atoms with Crippen LogP contribution in [0.1, 0.15) is 23.6 Å². The lowest BCUT2D eigenvalue weighted by atomic mass is 10.00. The molecule has 1 N–H and O–H groups in total. The lowest BCUT2D eigenvalue weighted by Crippen LogP contribution is -2.03. The molecular formula is C22H22O4S. The van der Waals surface area contributed by atoms with Gasteiger partial charge in [-0.15, -0.1) is 0 Å². The van der Waals surface area contributed by atoms with Crippen molar-refractivity contribution in [1.29, 1.82) is 0 Å². The van der Waals surface area contributed by atoms with E-state index in [1.165, 1.54) is 6.07 Å². The molecule has 5 heteroatoms. The van der Waals surface area contributed by atoms with E-state index in [4.69, 9.17) is 4.74 Å². The third-order valence-corrected chi connectivity index (χ3v) is 5.31. The molecule has 4 nitrogen and oxygen atoms in total. The van der Waals surface area contributed by atoms with Gasteiger partial charge in [-0.3, -0.25) is 4.55 Å². The van der Waals surface area contributed by atoms with Gasteiger partial charge in [-0.2, -0.15) is 8.42 Å². The van der Waals surface area contributed by atoms with Crippen LogP contribution in [0, 0.1) is 6.92 Å². The van der Waals surface area contributed by atoms with Crippen LogP contribution in [-0.2, 0) is 23.1 Å². The largest absolute Gasteiger partial charge is 0.488 e. The van der Waals surface area contributed by atoms with Crippen molar-refractivity contribution < 1.29 is 17.7 Å². The topological polar surface area (TPSA) is 63.6 Å². The lowest BCUT2D eigenvalue weighted by molar-refractivity contribution is 0.307. The second-order valence-corrected chi connectivity index (χ2v) is 7.82. The Bertz CT molecular complexity index is 1040. The molecule has 0 radical (unpaired) electrons. The van der Waals surface area contributed by atoms with Crippen molar-refractivity contribution in [2.45, 2.75) is 31.8 Å². The number of benzene rings is 3. The Kier molecular flexibility index (Phi) is 5.63. The molecular weight excluding hydrogens is 360 g/mol. The maximum absolute atomic E-state index is 11.9. The third kappa shape index (κ3) is 4.56. The van der Waals surface area contributed by atoms with Crippen molar-refractivity contribution in [3.63, 3.8) is 0 Å². The van der Waals surface area contributed by atoms with E-state index in [2.05, 4.69) is 0 Å². The summed E-state index contributed by atoms with van der Waals surface area (Å²) >= 11 is 0. The highest BCUT2D eigenvalue weighted by Crippen LogP contribution is 2.36. The molecule has 0 spiro atoms. The zero-order valence-electron chi connectivity index (χ0n) is 15.3. The molecule has 0 aliphatic carbocycles. The van der Waals surface area contributed by atoms with Crippen LogP contribution in [0.25, 0.3) is 11.1 Å². The Labute approximate surface area is 160 Å². The number of rotatable bonds is 6. The smallest absolute Gasteiger partial charge is 0.295 e. The summed E-state index contributed by atoms with van der Waals surface area (Å²) in [6.45, 7) is 4.29. The van der Waals surface area contributed by atoms with Crippen molar-refractivity contribution in [1.82, 2.24) is 0 Å². The van der Waals surface area contributed by atoms with Gasteiger partial charge in [0.15, 0.2) is 0 Å². The number of hydrogen-bond acceptors (Lipinski definition) is 3. The van der Waals surface area contributed by atoms with E-state index in [0.29, 0.717) is 23.5 Å². The Morgan fingerprint density at radius 2 is 1.63 bits per heavy atom. The molecule has 0 aliphatic heterocycles. The van der Waals surface area contributed by atoms with Gasteiger partial charge in [-0.1, -0.05) is 61.0 Å². The van der Waals surface area contributed by atoms with Crippen molar-refractivity contribution in [2.75, 3.05) is 0 Å². The molecule has 27 heavy (non-hydrogen) atoms. The summed E-state index contributed by atoms with van der Waals surface area (Å²) in [5.74, 6) is 0.591. The van der Waals surface area contributed by atoms with Gasteiger partial charge in [0.1, 0.15) is 17.3 Å². The van der Waals surface area contributed by atoms with Gasteiger partial charge >= 0.3 is 0 Å². The van der Waals surface area contributed by atoms with Crippen LogP contribution in [0.3, 0.4) is 0 Å². The van der Waals surface area contributed by atoms with E-state index in [0.717, 1.165) is 23.1 Å². The molecule has 3 rings (SSSR count). The zero-order valence-corrected chi connectivity index (χ0v) is 16.2.